The molecule has 0 N–H and O–H groups in total. The van der Waals surface area contributed by atoms with E-state index in [1.165, 1.54) is 18.6 Å². The first kappa shape index (κ1) is 14.7. The number of halogens is 2. The van der Waals surface area contributed by atoms with Gasteiger partial charge in [0.1, 0.15) is 5.75 Å². The van der Waals surface area contributed by atoms with Gasteiger partial charge in [-0.25, -0.2) is 0 Å². The summed E-state index contributed by atoms with van der Waals surface area (Å²) >= 11 is 0. The molecule has 108 valence electrons. The van der Waals surface area contributed by atoms with Gasteiger partial charge in [0.2, 0.25) is 0 Å². The van der Waals surface area contributed by atoms with Crippen molar-refractivity contribution in [3.8, 4) is 5.75 Å². The van der Waals surface area contributed by atoms with Crippen LogP contribution in [0.2, 0.25) is 0 Å². The van der Waals surface area contributed by atoms with Crippen molar-refractivity contribution >= 4 is 5.78 Å². The molecule has 0 saturated carbocycles. The quantitative estimate of drug-likeness (QED) is 0.744. The summed E-state index contributed by atoms with van der Waals surface area (Å²) in [7, 11) is 0. The predicted molar refractivity (Wildman–Crippen MR) is 73.2 cm³/mol. The van der Waals surface area contributed by atoms with E-state index >= 15 is 0 Å². The molecule has 0 saturated heterocycles. The maximum absolute atomic E-state index is 12.3. The van der Waals surface area contributed by atoms with Crippen LogP contribution in [-0.2, 0) is 0 Å². The van der Waals surface area contributed by atoms with E-state index in [1.54, 1.807) is 12.1 Å². The number of ketones is 1. The topological polar surface area (TPSA) is 26.3 Å². The molecule has 0 bridgehead atoms. The maximum Gasteiger partial charge on any atom is 0.387 e. The van der Waals surface area contributed by atoms with Crippen LogP contribution >= 0.6 is 0 Å². The minimum atomic E-state index is -2.84. The predicted octanol–water partition coefficient (Wildman–Crippen LogP) is 4.75. The first-order valence-electron chi connectivity index (χ1n) is 6.95. The molecule has 0 aromatic heterocycles. The van der Waals surface area contributed by atoms with Gasteiger partial charge in [0.25, 0.3) is 0 Å². The molecule has 0 atom stereocenters. The SMILES string of the molecule is O=C(/C1=C/CCCCCC1)c1ccc(OC(F)F)cc1. The van der Waals surface area contributed by atoms with Gasteiger partial charge < -0.3 is 4.74 Å². The number of allylic oxidation sites excluding steroid dienone is 2. The number of alkyl halides is 2. The Morgan fingerprint density at radius 3 is 2.45 bits per heavy atom. The number of carbonyl (C=O) groups excluding carboxylic acids is 1. The minimum absolute atomic E-state index is 0.00417. The second-order valence-electron chi connectivity index (χ2n) is 4.91. The molecule has 20 heavy (non-hydrogen) atoms. The molecule has 1 aliphatic rings. The second kappa shape index (κ2) is 7.17. The van der Waals surface area contributed by atoms with Crippen molar-refractivity contribution in [3.05, 3.63) is 41.5 Å². The fourth-order valence-corrected chi connectivity index (χ4v) is 2.37. The second-order valence-corrected chi connectivity index (χ2v) is 4.91. The number of hydrogen-bond acceptors (Lipinski definition) is 2. The van der Waals surface area contributed by atoms with Gasteiger partial charge in [-0.2, -0.15) is 8.78 Å². The largest absolute Gasteiger partial charge is 0.435 e. The van der Waals surface area contributed by atoms with Gasteiger partial charge in [-0.3, -0.25) is 4.79 Å². The zero-order valence-electron chi connectivity index (χ0n) is 11.3. The van der Waals surface area contributed by atoms with Crippen LogP contribution in [0.5, 0.6) is 5.75 Å². The Bertz CT molecular complexity index is 478. The van der Waals surface area contributed by atoms with Gasteiger partial charge >= 0.3 is 6.61 Å². The number of hydrogen-bond donors (Lipinski definition) is 0. The number of rotatable bonds is 4. The van der Waals surface area contributed by atoms with Gasteiger partial charge in [-0.15, -0.1) is 0 Å². The van der Waals surface area contributed by atoms with E-state index in [-0.39, 0.29) is 11.5 Å². The lowest BCUT2D eigenvalue weighted by molar-refractivity contribution is -0.0498. The lowest BCUT2D eigenvalue weighted by Gasteiger charge is -2.11. The molecule has 0 unspecified atom stereocenters. The molecule has 0 radical (unpaired) electrons. The average Bonchev–Trinajstić information content (AvgIpc) is 2.38. The van der Waals surface area contributed by atoms with Crippen LogP contribution in [0, 0.1) is 0 Å². The molecular formula is C16H18F2O2. The Balaban J connectivity index is 2.07. The van der Waals surface area contributed by atoms with E-state index in [2.05, 4.69) is 4.74 Å². The third-order valence-electron chi connectivity index (χ3n) is 3.42. The highest BCUT2D eigenvalue weighted by Crippen LogP contribution is 2.22. The number of Topliss-reactive ketones (excluding diaryl/α,β-unsaturated/α-hetero) is 1. The molecule has 2 rings (SSSR count). The third-order valence-corrected chi connectivity index (χ3v) is 3.42. The molecule has 0 amide bonds. The first-order chi connectivity index (χ1) is 9.66. The van der Waals surface area contributed by atoms with E-state index in [0.29, 0.717) is 5.56 Å². The normalized spacial score (nSPS) is 18.9. The van der Waals surface area contributed by atoms with E-state index in [9.17, 15) is 13.6 Å². The molecule has 0 fully saturated rings. The van der Waals surface area contributed by atoms with Crippen molar-refractivity contribution in [2.75, 3.05) is 0 Å². The Labute approximate surface area is 117 Å². The zero-order valence-corrected chi connectivity index (χ0v) is 11.3. The molecule has 4 heteroatoms. The van der Waals surface area contributed by atoms with Gasteiger partial charge in [0, 0.05) is 5.56 Å². The maximum atomic E-state index is 12.3. The van der Waals surface area contributed by atoms with Crippen LogP contribution in [0.25, 0.3) is 0 Å². The summed E-state index contributed by atoms with van der Waals surface area (Å²) in [6.45, 7) is -2.84. The van der Waals surface area contributed by atoms with Gasteiger partial charge in [0.05, 0.1) is 0 Å². The van der Waals surface area contributed by atoms with Crippen molar-refractivity contribution in [2.45, 2.75) is 45.1 Å². The minimum Gasteiger partial charge on any atom is -0.435 e. The molecule has 0 aliphatic heterocycles. The van der Waals surface area contributed by atoms with Crippen LogP contribution in [0.3, 0.4) is 0 Å². The van der Waals surface area contributed by atoms with Crippen LogP contribution in [0.4, 0.5) is 8.78 Å². The monoisotopic (exact) mass is 280 g/mol. The highest BCUT2D eigenvalue weighted by atomic mass is 19.3. The van der Waals surface area contributed by atoms with Crippen LogP contribution in [0.1, 0.15) is 48.9 Å². The summed E-state index contributed by atoms with van der Waals surface area (Å²) in [5.41, 5.74) is 1.37. The summed E-state index contributed by atoms with van der Waals surface area (Å²) in [6, 6.07) is 5.89. The Hall–Kier alpha value is -1.71. The third kappa shape index (κ3) is 4.15. The summed E-state index contributed by atoms with van der Waals surface area (Å²) in [5.74, 6) is 0.0682. The van der Waals surface area contributed by atoms with Crippen LogP contribution in [0.15, 0.2) is 35.9 Å². The summed E-state index contributed by atoms with van der Waals surface area (Å²) in [5, 5.41) is 0. The average molecular weight is 280 g/mol. The molecule has 0 spiro atoms. The number of ether oxygens (including phenoxy) is 1. The summed E-state index contributed by atoms with van der Waals surface area (Å²) < 4.78 is 28.4. The summed E-state index contributed by atoms with van der Waals surface area (Å²) in [4.78, 5) is 12.3. The van der Waals surface area contributed by atoms with Crippen molar-refractivity contribution in [1.82, 2.24) is 0 Å². The van der Waals surface area contributed by atoms with E-state index in [1.807, 2.05) is 6.08 Å². The zero-order chi connectivity index (χ0) is 14.4. The Morgan fingerprint density at radius 2 is 1.75 bits per heavy atom. The molecule has 2 nitrogen and oxygen atoms in total. The highest BCUT2D eigenvalue weighted by Gasteiger charge is 2.13. The van der Waals surface area contributed by atoms with Gasteiger partial charge in [-0.05, 0) is 55.5 Å². The Kier molecular flexibility index (Phi) is 5.27. The molecule has 1 aromatic rings. The number of carbonyl (C=O) groups is 1. The fourth-order valence-electron chi connectivity index (χ4n) is 2.37. The van der Waals surface area contributed by atoms with E-state index in [4.69, 9.17) is 0 Å². The van der Waals surface area contributed by atoms with Gasteiger partial charge in [-0.1, -0.05) is 18.9 Å². The van der Waals surface area contributed by atoms with Gasteiger partial charge in [0.15, 0.2) is 5.78 Å². The van der Waals surface area contributed by atoms with Crippen molar-refractivity contribution in [3.63, 3.8) is 0 Å². The van der Waals surface area contributed by atoms with Crippen LogP contribution < -0.4 is 4.74 Å². The standard InChI is InChI=1S/C16H18F2O2/c17-16(18)20-14-10-8-13(9-11-14)15(19)12-6-4-2-1-3-5-7-12/h6,8-11,16H,1-5,7H2/b12-6+. The number of benzene rings is 1. The molecule has 1 aliphatic carbocycles. The highest BCUT2D eigenvalue weighted by molar-refractivity contribution is 6.08. The fraction of sp³-hybridized carbons (Fsp3) is 0.438. The molecule has 0 heterocycles. The smallest absolute Gasteiger partial charge is 0.387 e. The van der Waals surface area contributed by atoms with Crippen LogP contribution in [-0.4, -0.2) is 12.4 Å². The van der Waals surface area contributed by atoms with Crippen molar-refractivity contribution in [2.24, 2.45) is 0 Å². The Morgan fingerprint density at radius 1 is 1.05 bits per heavy atom. The van der Waals surface area contributed by atoms with Crippen molar-refractivity contribution in [1.29, 1.82) is 0 Å². The first-order valence-corrected chi connectivity index (χ1v) is 6.95. The molecule has 1 aromatic carbocycles. The van der Waals surface area contributed by atoms with E-state index in [0.717, 1.165) is 37.7 Å². The molecular weight excluding hydrogens is 262 g/mol. The summed E-state index contributed by atoms with van der Waals surface area (Å²) in [6.07, 6.45) is 8.29. The lowest BCUT2D eigenvalue weighted by Crippen LogP contribution is -2.06. The van der Waals surface area contributed by atoms with E-state index < -0.39 is 6.61 Å². The lowest BCUT2D eigenvalue weighted by atomic mass is 9.94. The van der Waals surface area contributed by atoms with Crippen molar-refractivity contribution < 1.29 is 18.3 Å².